The quantitative estimate of drug-likeness (QED) is 0.560. The first-order chi connectivity index (χ1) is 8.51. The zero-order valence-electron chi connectivity index (χ0n) is 10.5. The first-order valence-corrected chi connectivity index (χ1v) is 5.40. The van der Waals surface area contributed by atoms with Crippen LogP contribution in [0.1, 0.15) is 6.92 Å². The number of aliphatic carboxylic acids is 1. The fourth-order valence-corrected chi connectivity index (χ4v) is 1.09. The van der Waals surface area contributed by atoms with E-state index in [1.54, 1.807) is 6.92 Å². The highest BCUT2D eigenvalue weighted by Gasteiger charge is 2.17. The molecule has 0 aliphatic carbocycles. The summed E-state index contributed by atoms with van der Waals surface area (Å²) >= 11 is 0. The molecule has 0 saturated carbocycles. The van der Waals surface area contributed by atoms with Crippen molar-refractivity contribution < 1.29 is 29.0 Å². The molecule has 8 heteroatoms. The van der Waals surface area contributed by atoms with Crippen LogP contribution in [0.2, 0.25) is 0 Å². The van der Waals surface area contributed by atoms with Crippen molar-refractivity contribution in [2.75, 3.05) is 40.0 Å². The lowest BCUT2D eigenvalue weighted by molar-refractivity contribution is -0.141. The number of rotatable bonds is 8. The van der Waals surface area contributed by atoms with E-state index in [9.17, 15) is 14.4 Å². The van der Waals surface area contributed by atoms with Crippen LogP contribution in [-0.2, 0) is 19.1 Å². The Morgan fingerprint density at radius 2 is 2.00 bits per heavy atom. The normalized spacial score (nSPS) is 9.67. The Morgan fingerprint density at radius 3 is 2.50 bits per heavy atom. The molecule has 0 saturated heterocycles. The van der Waals surface area contributed by atoms with Gasteiger partial charge in [-0.3, -0.25) is 9.59 Å². The fraction of sp³-hybridized carbons (Fsp3) is 0.700. The second-order valence-corrected chi connectivity index (χ2v) is 3.27. The van der Waals surface area contributed by atoms with Crippen molar-refractivity contribution in [3.8, 4) is 0 Å². The third-order valence-corrected chi connectivity index (χ3v) is 1.87. The summed E-state index contributed by atoms with van der Waals surface area (Å²) in [5.41, 5.74) is 0. The highest BCUT2D eigenvalue weighted by atomic mass is 16.5. The number of carbonyl (C=O) groups is 3. The van der Waals surface area contributed by atoms with Crippen molar-refractivity contribution >= 4 is 18.0 Å². The molecule has 0 fully saturated rings. The Bertz CT molecular complexity index is 294. The molecule has 0 atom stereocenters. The number of nitrogens with one attached hydrogen (secondary N) is 1. The third kappa shape index (κ3) is 7.44. The number of hydrogen-bond donors (Lipinski definition) is 2. The number of amides is 2. The molecule has 0 unspecified atom stereocenters. The Morgan fingerprint density at radius 1 is 1.33 bits per heavy atom. The Balaban J connectivity index is 4.19. The molecule has 0 bridgehead atoms. The molecule has 8 nitrogen and oxygen atoms in total. The lowest BCUT2D eigenvalue weighted by Gasteiger charge is -2.20. The number of carbonyl (C=O) groups excluding carboxylic acids is 2. The van der Waals surface area contributed by atoms with Gasteiger partial charge in [0.2, 0.25) is 0 Å². The second kappa shape index (κ2) is 9.23. The fourth-order valence-electron chi connectivity index (χ4n) is 1.09. The minimum Gasteiger partial charge on any atom is -0.480 e. The maximum absolute atomic E-state index is 11.6. The van der Waals surface area contributed by atoms with E-state index in [1.807, 2.05) is 0 Å². The van der Waals surface area contributed by atoms with Crippen molar-refractivity contribution in [3.63, 3.8) is 0 Å². The van der Waals surface area contributed by atoms with Crippen LogP contribution in [0.25, 0.3) is 0 Å². The number of urea groups is 1. The average Bonchev–Trinajstić information content (AvgIpc) is 2.31. The number of hydrogen-bond acceptors (Lipinski definition) is 5. The maximum atomic E-state index is 11.6. The second-order valence-electron chi connectivity index (χ2n) is 3.27. The summed E-state index contributed by atoms with van der Waals surface area (Å²) in [5.74, 6) is -1.72. The van der Waals surface area contributed by atoms with Crippen LogP contribution in [0.4, 0.5) is 4.79 Å². The molecule has 0 spiro atoms. The SMILES string of the molecule is CCOC(=O)CNC(=O)N(CCOC)CC(=O)O. The molecule has 2 N–H and O–H groups in total. The van der Waals surface area contributed by atoms with Crippen LogP contribution in [0.5, 0.6) is 0 Å². The average molecular weight is 262 g/mol. The Hall–Kier alpha value is -1.83. The minimum atomic E-state index is -1.14. The van der Waals surface area contributed by atoms with Gasteiger partial charge >= 0.3 is 18.0 Å². The molecule has 2 amide bonds. The van der Waals surface area contributed by atoms with E-state index in [0.717, 1.165) is 4.90 Å². The van der Waals surface area contributed by atoms with E-state index in [-0.39, 0.29) is 26.3 Å². The van der Waals surface area contributed by atoms with Gasteiger partial charge in [-0.05, 0) is 6.92 Å². The van der Waals surface area contributed by atoms with Gasteiger partial charge in [-0.2, -0.15) is 0 Å². The molecule has 0 heterocycles. The van der Waals surface area contributed by atoms with Crippen molar-refractivity contribution in [2.45, 2.75) is 6.92 Å². The van der Waals surface area contributed by atoms with Gasteiger partial charge in [0.15, 0.2) is 0 Å². The van der Waals surface area contributed by atoms with Gasteiger partial charge in [-0.15, -0.1) is 0 Å². The van der Waals surface area contributed by atoms with Crippen LogP contribution in [0, 0.1) is 0 Å². The first kappa shape index (κ1) is 16.2. The Kier molecular flexibility index (Phi) is 8.29. The molecule has 0 aromatic carbocycles. The van der Waals surface area contributed by atoms with Gasteiger partial charge < -0.3 is 24.8 Å². The standard InChI is InChI=1S/C10H18N2O6/c1-3-18-9(15)6-11-10(16)12(4-5-17-2)7-8(13)14/h3-7H2,1-2H3,(H,11,16)(H,13,14). The smallest absolute Gasteiger partial charge is 0.325 e. The predicted molar refractivity (Wildman–Crippen MR) is 61.1 cm³/mol. The van der Waals surface area contributed by atoms with E-state index >= 15 is 0 Å². The van der Waals surface area contributed by atoms with Gasteiger partial charge in [0.1, 0.15) is 13.1 Å². The van der Waals surface area contributed by atoms with E-state index in [1.165, 1.54) is 7.11 Å². The highest BCUT2D eigenvalue weighted by molar-refractivity contribution is 5.83. The number of esters is 1. The van der Waals surface area contributed by atoms with E-state index in [4.69, 9.17) is 9.84 Å². The molecule has 0 aliphatic rings. The van der Waals surface area contributed by atoms with Crippen LogP contribution in [-0.4, -0.2) is 67.9 Å². The predicted octanol–water partition coefficient (Wildman–Crippen LogP) is -0.708. The van der Waals surface area contributed by atoms with Crippen LogP contribution in [0.3, 0.4) is 0 Å². The number of ether oxygens (including phenoxy) is 2. The third-order valence-electron chi connectivity index (χ3n) is 1.87. The molecule has 0 aromatic heterocycles. The Labute approximate surface area is 105 Å². The summed E-state index contributed by atoms with van der Waals surface area (Å²) < 4.78 is 9.38. The summed E-state index contributed by atoms with van der Waals surface area (Å²) in [5, 5.41) is 10.9. The van der Waals surface area contributed by atoms with E-state index in [2.05, 4.69) is 10.1 Å². The number of methoxy groups -OCH3 is 1. The number of carboxylic acid groups (broad SMARTS) is 1. The van der Waals surface area contributed by atoms with E-state index in [0.29, 0.717) is 0 Å². The van der Waals surface area contributed by atoms with Gasteiger partial charge in [0.05, 0.1) is 13.2 Å². The van der Waals surface area contributed by atoms with Gasteiger partial charge in [0.25, 0.3) is 0 Å². The van der Waals surface area contributed by atoms with Crippen LogP contribution in [0.15, 0.2) is 0 Å². The summed E-state index contributed by atoms with van der Waals surface area (Å²) in [4.78, 5) is 34.2. The lowest BCUT2D eigenvalue weighted by Crippen LogP contribution is -2.45. The molecular weight excluding hydrogens is 244 g/mol. The summed E-state index contributed by atoms with van der Waals surface area (Å²) in [7, 11) is 1.44. The molecular formula is C10H18N2O6. The lowest BCUT2D eigenvalue weighted by atomic mass is 10.5. The number of nitrogens with zero attached hydrogens (tertiary/aromatic N) is 1. The zero-order valence-corrected chi connectivity index (χ0v) is 10.5. The monoisotopic (exact) mass is 262 g/mol. The molecule has 0 radical (unpaired) electrons. The van der Waals surface area contributed by atoms with Gasteiger partial charge in [-0.1, -0.05) is 0 Å². The molecule has 18 heavy (non-hydrogen) atoms. The summed E-state index contributed by atoms with van der Waals surface area (Å²) in [6, 6.07) is -0.650. The summed E-state index contributed by atoms with van der Waals surface area (Å²) in [6.07, 6.45) is 0. The maximum Gasteiger partial charge on any atom is 0.325 e. The van der Waals surface area contributed by atoms with E-state index < -0.39 is 24.5 Å². The highest BCUT2D eigenvalue weighted by Crippen LogP contribution is 1.90. The van der Waals surface area contributed by atoms with Crippen molar-refractivity contribution in [1.82, 2.24) is 10.2 Å². The van der Waals surface area contributed by atoms with Gasteiger partial charge in [0, 0.05) is 13.7 Å². The van der Waals surface area contributed by atoms with Crippen molar-refractivity contribution in [1.29, 1.82) is 0 Å². The topological polar surface area (TPSA) is 105 Å². The minimum absolute atomic E-state index is 0.122. The molecule has 0 rings (SSSR count). The largest absolute Gasteiger partial charge is 0.480 e. The first-order valence-electron chi connectivity index (χ1n) is 5.40. The van der Waals surface area contributed by atoms with Crippen molar-refractivity contribution in [3.05, 3.63) is 0 Å². The zero-order chi connectivity index (χ0) is 14.0. The molecule has 104 valence electrons. The molecule has 0 aliphatic heterocycles. The summed E-state index contributed by atoms with van der Waals surface area (Å²) in [6.45, 7) is 1.44. The van der Waals surface area contributed by atoms with Crippen LogP contribution < -0.4 is 5.32 Å². The van der Waals surface area contributed by atoms with Gasteiger partial charge in [-0.25, -0.2) is 4.79 Å². The molecule has 0 aromatic rings. The van der Waals surface area contributed by atoms with Crippen molar-refractivity contribution in [2.24, 2.45) is 0 Å². The van der Waals surface area contributed by atoms with Crippen LogP contribution >= 0.6 is 0 Å². The number of carboxylic acids is 1.